The van der Waals surface area contributed by atoms with Gasteiger partial charge in [-0.2, -0.15) is 0 Å². The number of hydrogen-bond donors (Lipinski definition) is 1. The van der Waals surface area contributed by atoms with Gasteiger partial charge in [-0.15, -0.1) is 0 Å². The highest BCUT2D eigenvalue weighted by Gasteiger charge is 2.21. The molecule has 106 valence electrons. The van der Waals surface area contributed by atoms with Gasteiger partial charge in [-0.3, -0.25) is 0 Å². The Labute approximate surface area is 116 Å². The van der Waals surface area contributed by atoms with Crippen molar-refractivity contribution < 1.29 is 13.2 Å². The van der Waals surface area contributed by atoms with Crippen LogP contribution < -0.4 is 5.32 Å². The van der Waals surface area contributed by atoms with Crippen molar-refractivity contribution >= 4 is 0 Å². The van der Waals surface area contributed by atoms with E-state index in [0.717, 1.165) is 17.7 Å². The maximum Gasteiger partial charge on any atom is 0.128 e. The Hall–Kier alpha value is -1.81. The fourth-order valence-electron chi connectivity index (χ4n) is 2.25. The van der Waals surface area contributed by atoms with Gasteiger partial charge in [0.15, 0.2) is 0 Å². The maximum atomic E-state index is 14.1. The van der Waals surface area contributed by atoms with Gasteiger partial charge in [-0.05, 0) is 44.7 Å². The highest BCUT2D eigenvalue weighted by atomic mass is 19.1. The molecule has 0 radical (unpaired) electrons. The second-order valence-electron chi connectivity index (χ2n) is 4.87. The Bertz CT molecular complexity index is 638. The molecule has 0 aliphatic rings. The van der Waals surface area contributed by atoms with Gasteiger partial charge in [0.25, 0.3) is 0 Å². The topological polar surface area (TPSA) is 12.0 Å². The summed E-state index contributed by atoms with van der Waals surface area (Å²) >= 11 is 0. The number of aryl methyl sites for hydroxylation is 2. The van der Waals surface area contributed by atoms with E-state index in [-0.39, 0.29) is 11.1 Å². The molecule has 4 heteroatoms. The van der Waals surface area contributed by atoms with Crippen LogP contribution >= 0.6 is 0 Å². The third-order valence-corrected chi connectivity index (χ3v) is 3.34. The van der Waals surface area contributed by atoms with Crippen LogP contribution in [-0.4, -0.2) is 7.05 Å². The van der Waals surface area contributed by atoms with Crippen LogP contribution in [0.1, 0.15) is 28.3 Å². The third-order valence-electron chi connectivity index (χ3n) is 3.34. The zero-order chi connectivity index (χ0) is 14.9. The minimum atomic E-state index is -0.731. The highest BCUT2D eigenvalue weighted by Crippen LogP contribution is 2.28. The largest absolute Gasteiger partial charge is 0.309 e. The van der Waals surface area contributed by atoms with Crippen molar-refractivity contribution in [3.8, 4) is 0 Å². The van der Waals surface area contributed by atoms with Gasteiger partial charge >= 0.3 is 0 Å². The number of halogens is 3. The van der Waals surface area contributed by atoms with Crippen LogP contribution in [0, 0.1) is 31.3 Å². The fraction of sp³-hybridized carbons (Fsp3) is 0.250. The molecule has 0 bridgehead atoms. The summed E-state index contributed by atoms with van der Waals surface area (Å²) in [5.41, 5.74) is 1.48. The molecule has 2 rings (SSSR count). The van der Waals surface area contributed by atoms with Crippen LogP contribution in [0.4, 0.5) is 13.2 Å². The van der Waals surface area contributed by atoms with E-state index in [0.29, 0.717) is 5.56 Å². The molecule has 0 heterocycles. The number of benzene rings is 2. The summed E-state index contributed by atoms with van der Waals surface area (Å²) < 4.78 is 41.7. The Morgan fingerprint density at radius 3 is 2.15 bits per heavy atom. The van der Waals surface area contributed by atoms with Gasteiger partial charge in [-0.25, -0.2) is 13.2 Å². The minimum Gasteiger partial charge on any atom is -0.309 e. The smallest absolute Gasteiger partial charge is 0.128 e. The zero-order valence-corrected chi connectivity index (χ0v) is 11.6. The van der Waals surface area contributed by atoms with Crippen LogP contribution in [0.15, 0.2) is 30.3 Å². The second-order valence-corrected chi connectivity index (χ2v) is 4.87. The first-order valence-corrected chi connectivity index (χ1v) is 6.33. The molecular formula is C16H16F3N. The number of hydrogen-bond acceptors (Lipinski definition) is 1. The Kier molecular flexibility index (Phi) is 4.14. The van der Waals surface area contributed by atoms with Crippen molar-refractivity contribution in [1.29, 1.82) is 0 Å². The Balaban J connectivity index is 2.58. The molecule has 2 aromatic carbocycles. The monoisotopic (exact) mass is 279 g/mol. The first kappa shape index (κ1) is 14.6. The average molecular weight is 279 g/mol. The van der Waals surface area contributed by atoms with Crippen LogP contribution in [0.25, 0.3) is 0 Å². The molecule has 1 atom stereocenters. The second kappa shape index (κ2) is 5.67. The quantitative estimate of drug-likeness (QED) is 0.894. The SMILES string of the molecule is CNC(c1cc(C)ccc1F)c1cc(F)c(C)cc1F. The van der Waals surface area contributed by atoms with E-state index >= 15 is 0 Å². The zero-order valence-electron chi connectivity index (χ0n) is 11.6. The lowest BCUT2D eigenvalue weighted by Gasteiger charge is -2.19. The van der Waals surface area contributed by atoms with E-state index < -0.39 is 23.5 Å². The normalized spacial score (nSPS) is 12.5. The standard InChI is InChI=1S/C16H16F3N/c1-9-4-5-13(17)11(6-9)16(20-3)12-8-14(18)10(2)7-15(12)19/h4-8,16,20H,1-3H3. The van der Waals surface area contributed by atoms with E-state index in [1.54, 1.807) is 19.2 Å². The Morgan fingerprint density at radius 2 is 1.50 bits per heavy atom. The first-order valence-electron chi connectivity index (χ1n) is 6.33. The van der Waals surface area contributed by atoms with Crippen molar-refractivity contribution in [3.63, 3.8) is 0 Å². The van der Waals surface area contributed by atoms with Gasteiger partial charge in [0, 0.05) is 11.1 Å². The molecule has 0 saturated heterocycles. The summed E-state index contributed by atoms with van der Waals surface area (Å²) in [6.45, 7) is 3.31. The average Bonchev–Trinajstić information content (AvgIpc) is 2.40. The summed E-state index contributed by atoms with van der Waals surface area (Å²) in [5.74, 6) is -1.51. The predicted octanol–water partition coefficient (Wildman–Crippen LogP) is 4.03. The van der Waals surface area contributed by atoms with Gasteiger partial charge in [0.2, 0.25) is 0 Å². The lowest BCUT2D eigenvalue weighted by atomic mass is 9.95. The van der Waals surface area contributed by atoms with Crippen molar-refractivity contribution in [2.24, 2.45) is 0 Å². The maximum absolute atomic E-state index is 14.1. The molecule has 0 aromatic heterocycles. The van der Waals surface area contributed by atoms with Gasteiger partial charge < -0.3 is 5.32 Å². The first-order chi connectivity index (χ1) is 9.43. The lowest BCUT2D eigenvalue weighted by molar-refractivity contribution is 0.534. The molecular weight excluding hydrogens is 263 g/mol. The van der Waals surface area contributed by atoms with E-state index in [9.17, 15) is 13.2 Å². The highest BCUT2D eigenvalue weighted by molar-refractivity contribution is 5.37. The van der Waals surface area contributed by atoms with Crippen LogP contribution in [0.5, 0.6) is 0 Å². The molecule has 0 amide bonds. The van der Waals surface area contributed by atoms with E-state index in [1.807, 2.05) is 6.92 Å². The lowest BCUT2D eigenvalue weighted by Crippen LogP contribution is -2.20. The third kappa shape index (κ3) is 2.70. The molecule has 0 aliphatic carbocycles. The van der Waals surface area contributed by atoms with Crippen LogP contribution in [0.3, 0.4) is 0 Å². The van der Waals surface area contributed by atoms with Gasteiger partial charge in [0.05, 0.1) is 6.04 Å². The van der Waals surface area contributed by atoms with Gasteiger partial charge in [-0.1, -0.05) is 17.7 Å². The molecule has 2 aromatic rings. The van der Waals surface area contributed by atoms with Gasteiger partial charge in [0.1, 0.15) is 17.5 Å². The molecule has 1 N–H and O–H groups in total. The fourth-order valence-corrected chi connectivity index (χ4v) is 2.25. The summed E-state index contributed by atoms with van der Waals surface area (Å²) in [7, 11) is 1.59. The molecule has 0 fully saturated rings. The summed E-state index contributed by atoms with van der Waals surface area (Å²) in [5, 5.41) is 2.84. The minimum absolute atomic E-state index is 0.0973. The summed E-state index contributed by atoms with van der Waals surface area (Å²) in [6.07, 6.45) is 0. The van der Waals surface area contributed by atoms with Crippen molar-refractivity contribution in [2.75, 3.05) is 7.05 Å². The molecule has 20 heavy (non-hydrogen) atoms. The number of nitrogens with one attached hydrogen (secondary N) is 1. The molecule has 1 unspecified atom stereocenters. The van der Waals surface area contributed by atoms with Crippen LogP contribution in [0.2, 0.25) is 0 Å². The predicted molar refractivity (Wildman–Crippen MR) is 73.1 cm³/mol. The molecule has 1 nitrogen and oxygen atoms in total. The summed E-state index contributed by atoms with van der Waals surface area (Å²) in [4.78, 5) is 0. The van der Waals surface area contributed by atoms with E-state index in [1.165, 1.54) is 13.0 Å². The molecule has 0 aliphatic heterocycles. The molecule has 0 saturated carbocycles. The number of rotatable bonds is 3. The summed E-state index contributed by atoms with van der Waals surface area (Å²) in [6, 6.07) is 6.11. The van der Waals surface area contributed by atoms with E-state index in [2.05, 4.69) is 5.32 Å². The van der Waals surface area contributed by atoms with Crippen molar-refractivity contribution in [3.05, 3.63) is 70.0 Å². The van der Waals surface area contributed by atoms with Crippen LogP contribution in [-0.2, 0) is 0 Å². The van der Waals surface area contributed by atoms with Crippen molar-refractivity contribution in [1.82, 2.24) is 5.32 Å². The van der Waals surface area contributed by atoms with Crippen molar-refractivity contribution in [2.45, 2.75) is 19.9 Å². The Morgan fingerprint density at radius 1 is 0.850 bits per heavy atom. The van der Waals surface area contributed by atoms with E-state index in [4.69, 9.17) is 0 Å². The molecule has 0 spiro atoms.